The van der Waals surface area contributed by atoms with Gasteiger partial charge in [0.05, 0.1) is 12.2 Å². The van der Waals surface area contributed by atoms with Gasteiger partial charge in [0.25, 0.3) is 0 Å². The molecule has 0 atom stereocenters. The molecule has 0 bridgehead atoms. The molecular weight excluding hydrogens is 262 g/mol. The van der Waals surface area contributed by atoms with Gasteiger partial charge in [-0.1, -0.05) is 30.8 Å². The number of hydrogen-bond donors (Lipinski definition) is 1. The second-order valence-corrected chi connectivity index (χ2v) is 5.39. The van der Waals surface area contributed by atoms with Crippen LogP contribution >= 0.6 is 0 Å². The number of rotatable bonds is 5. The Morgan fingerprint density at radius 2 is 2.10 bits per heavy atom. The molecule has 0 spiro atoms. The first-order valence-corrected chi connectivity index (χ1v) is 7.30. The fourth-order valence-electron chi connectivity index (χ4n) is 2.38. The van der Waals surface area contributed by atoms with E-state index in [9.17, 15) is 0 Å². The van der Waals surface area contributed by atoms with Crippen LogP contribution in [0.5, 0.6) is 0 Å². The van der Waals surface area contributed by atoms with E-state index in [1.54, 1.807) is 0 Å². The van der Waals surface area contributed by atoms with E-state index in [1.807, 2.05) is 11.7 Å². The van der Waals surface area contributed by atoms with Gasteiger partial charge in [0.1, 0.15) is 0 Å². The lowest BCUT2D eigenvalue weighted by atomic mass is 10.1. The van der Waals surface area contributed by atoms with E-state index in [0.29, 0.717) is 5.82 Å². The molecule has 0 unspecified atom stereocenters. The summed E-state index contributed by atoms with van der Waals surface area (Å²) < 4.78 is 1.99. The summed E-state index contributed by atoms with van der Waals surface area (Å²) >= 11 is 0. The zero-order valence-corrected chi connectivity index (χ0v) is 12.6. The molecular formula is C16H21N5. The number of nitrogens with zero attached hydrogens (tertiary/aromatic N) is 4. The molecule has 1 aromatic carbocycles. The van der Waals surface area contributed by atoms with Gasteiger partial charge >= 0.3 is 0 Å². The van der Waals surface area contributed by atoms with E-state index in [0.717, 1.165) is 31.3 Å². The highest BCUT2D eigenvalue weighted by Crippen LogP contribution is 2.21. The van der Waals surface area contributed by atoms with Crippen molar-refractivity contribution in [1.29, 1.82) is 0 Å². The molecule has 0 saturated carbocycles. The Morgan fingerprint density at radius 3 is 2.71 bits per heavy atom. The molecule has 1 saturated heterocycles. The lowest BCUT2D eigenvalue weighted by molar-refractivity contribution is 0.565. The van der Waals surface area contributed by atoms with Gasteiger partial charge in [0.15, 0.2) is 5.82 Å². The molecule has 1 aromatic heterocycles. The third-order valence-electron chi connectivity index (χ3n) is 3.94. The zero-order valence-electron chi connectivity index (χ0n) is 12.6. The lowest BCUT2D eigenvalue weighted by Gasteiger charge is -2.31. The number of anilines is 1. The van der Waals surface area contributed by atoms with Crippen LogP contribution in [0.1, 0.15) is 23.4 Å². The quantitative estimate of drug-likeness (QED) is 0.912. The van der Waals surface area contributed by atoms with Crippen molar-refractivity contribution in [3.8, 4) is 0 Å². The van der Waals surface area contributed by atoms with E-state index < -0.39 is 0 Å². The molecule has 0 radical (unpaired) electrons. The summed E-state index contributed by atoms with van der Waals surface area (Å²) in [5, 5.41) is 7.64. The molecule has 2 aromatic rings. The average Bonchev–Trinajstić information content (AvgIpc) is 2.82. The van der Waals surface area contributed by atoms with Crippen molar-refractivity contribution >= 4 is 11.6 Å². The number of aromatic nitrogens is 3. The Balaban J connectivity index is 1.94. The zero-order chi connectivity index (χ0) is 14.8. The van der Waals surface area contributed by atoms with Gasteiger partial charge in [-0.2, -0.15) is 4.98 Å². The minimum atomic E-state index is 0.674. The molecule has 0 aliphatic carbocycles. The Kier molecular flexibility index (Phi) is 3.64. The molecule has 1 N–H and O–H groups in total. The third kappa shape index (κ3) is 2.63. The number of aryl methyl sites for hydroxylation is 1. The van der Waals surface area contributed by atoms with Crippen LogP contribution in [-0.2, 0) is 6.54 Å². The van der Waals surface area contributed by atoms with Crippen LogP contribution in [0.4, 0.5) is 5.95 Å². The maximum absolute atomic E-state index is 4.64. The first-order valence-electron chi connectivity index (χ1n) is 7.30. The highest BCUT2D eigenvalue weighted by atomic mass is 15.5. The molecule has 1 fully saturated rings. The normalized spacial score (nSPS) is 13.9. The largest absolute Gasteiger partial charge is 0.385 e. The van der Waals surface area contributed by atoms with Crippen molar-refractivity contribution in [3.63, 3.8) is 0 Å². The van der Waals surface area contributed by atoms with E-state index in [1.165, 1.54) is 17.5 Å². The second-order valence-electron chi connectivity index (χ2n) is 5.39. The van der Waals surface area contributed by atoms with Crippen molar-refractivity contribution < 1.29 is 0 Å². The fourth-order valence-corrected chi connectivity index (χ4v) is 2.38. The van der Waals surface area contributed by atoms with Crippen molar-refractivity contribution in [3.05, 3.63) is 47.8 Å². The number of nitrogens with one attached hydrogen (secondary N) is 1. The molecule has 5 heteroatoms. The molecule has 3 rings (SSSR count). The number of hydrogen-bond acceptors (Lipinski definition) is 4. The summed E-state index contributed by atoms with van der Waals surface area (Å²) in [6.07, 6.45) is 1.22. The molecule has 1 aliphatic rings. The molecule has 0 amide bonds. The Labute approximate surface area is 125 Å². The highest BCUT2D eigenvalue weighted by Gasteiger charge is 2.22. The SMILES string of the molecule is C=C(NC)c1nc(N2CCC2)n(Cc2ccccc2C)n1. The monoisotopic (exact) mass is 283 g/mol. The fraction of sp³-hybridized carbons (Fsp3) is 0.375. The van der Waals surface area contributed by atoms with E-state index in [-0.39, 0.29) is 0 Å². The summed E-state index contributed by atoms with van der Waals surface area (Å²) in [7, 11) is 1.84. The van der Waals surface area contributed by atoms with Gasteiger partial charge in [-0.05, 0) is 24.5 Å². The van der Waals surface area contributed by atoms with E-state index in [2.05, 4.69) is 58.1 Å². The van der Waals surface area contributed by atoms with Crippen LogP contribution in [0.3, 0.4) is 0 Å². The van der Waals surface area contributed by atoms with Gasteiger partial charge in [0, 0.05) is 20.1 Å². The van der Waals surface area contributed by atoms with Crippen LogP contribution in [-0.4, -0.2) is 34.9 Å². The molecule has 110 valence electrons. The van der Waals surface area contributed by atoms with Gasteiger partial charge in [-0.3, -0.25) is 0 Å². The van der Waals surface area contributed by atoms with Crippen molar-refractivity contribution in [1.82, 2.24) is 20.1 Å². The van der Waals surface area contributed by atoms with Gasteiger partial charge in [0.2, 0.25) is 5.95 Å². The van der Waals surface area contributed by atoms with Crippen LogP contribution in [0.2, 0.25) is 0 Å². The van der Waals surface area contributed by atoms with E-state index in [4.69, 9.17) is 0 Å². The van der Waals surface area contributed by atoms with Gasteiger partial charge in [-0.25, -0.2) is 4.68 Å². The summed E-state index contributed by atoms with van der Waals surface area (Å²) in [6.45, 7) is 8.93. The third-order valence-corrected chi connectivity index (χ3v) is 3.94. The minimum Gasteiger partial charge on any atom is -0.385 e. The Morgan fingerprint density at radius 1 is 1.33 bits per heavy atom. The van der Waals surface area contributed by atoms with Crippen LogP contribution in [0.15, 0.2) is 30.8 Å². The summed E-state index contributed by atoms with van der Waals surface area (Å²) in [4.78, 5) is 6.91. The summed E-state index contributed by atoms with van der Waals surface area (Å²) in [5.74, 6) is 1.61. The maximum atomic E-state index is 4.64. The molecule has 5 nitrogen and oxygen atoms in total. The van der Waals surface area contributed by atoms with Crippen LogP contribution < -0.4 is 10.2 Å². The number of benzene rings is 1. The van der Waals surface area contributed by atoms with Crippen molar-refractivity contribution in [2.45, 2.75) is 19.9 Å². The standard InChI is InChI=1S/C16H21N5/c1-12-7-4-5-8-14(12)11-21-16(20-9-6-10-20)18-15(19-21)13(2)17-3/h4-5,7-8,17H,2,6,9-11H2,1,3H3. The second kappa shape index (κ2) is 5.60. The average molecular weight is 283 g/mol. The van der Waals surface area contributed by atoms with E-state index >= 15 is 0 Å². The van der Waals surface area contributed by atoms with Gasteiger partial charge < -0.3 is 10.2 Å². The maximum Gasteiger partial charge on any atom is 0.224 e. The predicted molar refractivity (Wildman–Crippen MR) is 85.2 cm³/mol. The van der Waals surface area contributed by atoms with Gasteiger partial charge in [-0.15, -0.1) is 5.10 Å². The van der Waals surface area contributed by atoms with Crippen molar-refractivity contribution in [2.24, 2.45) is 0 Å². The lowest BCUT2D eigenvalue weighted by Crippen LogP contribution is -2.39. The molecule has 2 heterocycles. The smallest absolute Gasteiger partial charge is 0.224 e. The topological polar surface area (TPSA) is 46.0 Å². The Bertz CT molecular complexity index is 654. The minimum absolute atomic E-state index is 0.674. The summed E-state index contributed by atoms with van der Waals surface area (Å²) in [5.41, 5.74) is 3.29. The Hall–Kier alpha value is -2.30. The predicted octanol–water partition coefficient (Wildman–Crippen LogP) is 2.04. The van der Waals surface area contributed by atoms with Crippen LogP contribution in [0.25, 0.3) is 5.70 Å². The first kappa shape index (κ1) is 13.7. The first-order chi connectivity index (χ1) is 10.2. The highest BCUT2D eigenvalue weighted by molar-refractivity contribution is 5.56. The van der Waals surface area contributed by atoms with Crippen molar-refractivity contribution in [2.75, 3.05) is 25.0 Å². The molecule has 1 aliphatic heterocycles. The summed E-state index contributed by atoms with van der Waals surface area (Å²) in [6, 6.07) is 8.40. The van der Waals surface area contributed by atoms with Crippen LogP contribution in [0, 0.1) is 6.92 Å². The molecule has 21 heavy (non-hydrogen) atoms.